The molecule has 1 aliphatic heterocycles. The lowest BCUT2D eigenvalue weighted by molar-refractivity contribution is -0.193. The molecule has 2 atom stereocenters. The molecule has 4 aromatic rings. The molecular weight excluding hydrogens is 534 g/mol. The van der Waals surface area contributed by atoms with Crippen LogP contribution in [0.25, 0.3) is 21.7 Å². The predicted octanol–water partition coefficient (Wildman–Crippen LogP) is 5.39. The van der Waals surface area contributed by atoms with Crippen molar-refractivity contribution in [2.45, 2.75) is 39.0 Å². The monoisotopic (exact) mass is 559 g/mol. The fourth-order valence-corrected chi connectivity index (χ4v) is 5.05. The number of nitrogens with zero attached hydrogens (tertiary/aromatic N) is 1. The van der Waals surface area contributed by atoms with Crippen molar-refractivity contribution >= 4 is 33.6 Å². The molecular formula is C28H25F4N3O5. The van der Waals surface area contributed by atoms with Crippen molar-refractivity contribution in [3.63, 3.8) is 0 Å². The van der Waals surface area contributed by atoms with E-state index in [4.69, 9.17) is 9.47 Å². The van der Waals surface area contributed by atoms with Gasteiger partial charge in [0, 0.05) is 29.6 Å². The third-order valence-electron chi connectivity index (χ3n) is 7.33. The summed E-state index contributed by atoms with van der Waals surface area (Å²) in [4.78, 5) is 45.7. The lowest BCUT2D eigenvalue weighted by atomic mass is 9.94. The third-order valence-corrected chi connectivity index (χ3v) is 7.33. The predicted molar refractivity (Wildman–Crippen MR) is 136 cm³/mol. The first-order valence-corrected chi connectivity index (χ1v) is 12.7. The van der Waals surface area contributed by atoms with Crippen LogP contribution in [0.4, 0.5) is 17.6 Å². The maximum atomic E-state index is 14.4. The molecule has 1 aliphatic rings. The maximum absolute atomic E-state index is 14.4. The van der Waals surface area contributed by atoms with Gasteiger partial charge in [-0.15, -0.1) is 0 Å². The van der Waals surface area contributed by atoms with Crippen molar-refractivity contribution in [1.82, 2.24) is 14.9 Å². The standard InChI is InChI=1S/C28H25F4N3O5/c1-4-12(5-2)27(38)40-28-24-23(14-8-17(30)18(31)9-15(14)25(36)34-24)22(11-39-28)35(3)26(37)21-7-13-6-16(29)19(32)10-20(13)33-21/h6-10,12,22,28,33H,4-5,11H2,1-3H3,(H,34,36). The second kappa shape index (κ2) is 10.4. The second-order valence-electron chi connectivity index (χ2n) is 9.68. The van der Waals surface area contributed by atoms with Crippen molar-refractivity contribution in [3.8, 4) is 0 Å². The molecule has 5 rings (SSSR count). The number of H-pyrrole nitrogens is 2. The van der Waals surface area contributed by atoms with E-state index in [2.05, 4.69) is 9.97 Å². The first kappa shape index (κ1) is 27.4. The van der Waals surface area contributed by atoms with Crippen LogP contribution >= 0.6 is 0 Å². The normalized spacial score (nSPS) is 16.9. The first-order valence-electron chi connectivity index (χ1n) is 12.7. The summed E-state index contributed by atoms with van der Waals surface area (Å²) < 4.78 is 67.3. The number of nitrogens with one attached hydrogen (secondary N) is 2. The molecule has 2 aromatic heterocycles. The topological polar surface area (TPSA) is 104 Å². The van der Waals surface area contributed by atoms with Crippen molar-refractivity contribution in [3.05, 3.63) is 80.9 Å². The number of hydrogen-bond donors (Lipinski definition) is 2. The molecule has 2 unspecified atom stereocenters. The molecule has 0 spiro atoms. The summed E-state index contributed by atoms with van der Waals surface area (Å²) in [5.41, 5.74) is -0.395. The Hall–Kier alpha value is -4.19. The maximum Gasteiger partial charge on any atom is 0.311 e. The van der Waals surface area contributed by atoms with Crippen LogP contribution < -0.4 is 5.56 Å². The number of fused-ring (bicyclic) bond motifs is 4. The number of amides is 1. The molecule has 0 saturated heterocycles. The molecule has 2 aromatic carbocycles. The molecule has 8 nitrogen and oxygen atoms in total. The number of rotatable bonds is 6. The van der Waals surface area contributed by atoms with E-state index >= 15 is 0 Å². The van der Waals surface area contributed by atoms with Crippen LogP contribution in [0, 0.1) is 29.2 Å². The molecule has 0 radical (unpaired) electrons. The van der Waals surface area contributed by atoms with Crippen LogP contribution in [0.2, 0.25) is 0 Å². The van der Waals surface area contributed by atoms with Gasteiger partial charge in [0.15, 0.2) is 23.3 Å². The van der Waals surface area contributed by atoms with Gasteiger partial charge in [0.05, 0.1) is 29.6 Å². The zero-order valence-corrected chi connectivity index (χ0v) is 21.7. The Labute approximate surface area is 224 Å². The highest BCUT2D eigenvalue weighted by molar-refractivity contribution is 5.98. The molecule has 0 fully saturated rings. The summed E-state index contributed by atoms with van der Waals surface area (Å²) in [6, 6.07) is 3.87. The molecule has 0 saturated carbocycles. The van der Waals surface area contributed by atoms with Gasteiger partial charge in [0.1, 0.15) is 5.69 Å². The van der Waals surface area contributed by atoms with Gasteiger partial charge in [-0.3, -0.25) is 14.4 Å². The van der Waals surface area contributed by atoms with Crippen molar-refractivity contribution < 1.29 is 36.6 Å². The van der Waals surface area contributed by atoms with Gasteiger partial charge in [0.2, 0.25) is 6.29 Å². The largest absolute Gasteiger partial charge is 0.429 e. The van der Waals surface area contributed by atoms with Crippen LogP contribution in [-0.2, 0) is 14.3 Å². The van der Waals surface area contributed by atoms with E-state index < -0.39 is 59.0 Å². The van der Waals surface area contributed by atoms with E-state index in [0.717, 1.165) is 24.3 Å². The van der Waals surface area contributed by atoms with E-state index in [9.17, 15) is 31.9 Å². The minimum Gasteiger partial charge on any atom is -0.429 e. The van der Waals surface area contributed by atoms with Crippen molar-refractivity contribution in [2.24, 2.45) is 5.92 Å². The zero-order chi connectivity index (χ0) is 28.9. The van der Waals surface area contributed by atoms with Crippen molar-refractivity contribution in [2.75, 3.05) is 13.7 Å². The van der Waals surface area contributed by atoms with Crippen molar-refractivity contribution in [1.29, 1.82) is 0 Å². The van der Waals surface area contributed by atoms with E-state index in [0.29, 0.717) is 12.8 Å². The number of likely N-dealkylation sites (N-methyl/N-ethyl adjacent to an activating group) is 1. The van der Waals surface area contributed by atoms with Gasteiger partial charge in [0.25, 0.3) is 11.5 Å². The number of ether oxygens (including phenoxy) is 2. The van der Waals surface area contributed by atoms with Crippen LogP contribution in [0.5, 0.6) is 0 Å². The van der Waals surface area contributed by atoms with Gasteiger partial charge in [-0.05, 0) is 42.5 Å². The van der Waals surface area contributed by atoms with Crippen LogP contribution in [-0.4, -0.2) is 40.4 Å². The highest BCUT2D eigenvalue weighted by atomic mass is 19.2. The molecule has 210 valence electrons. The van der Waals surface area contributed by atoms with Gasteiger partial charge < -0.3 is 24.3 Å². The lowest BCUT2D eigenvalue weighted by Crippen LogP contribution is -2.40. The number of halogens is 4. The Kier molecular flexibility index (Phi) is 7.13. The van der Waals surface area contributed by atoms with Gasteiger partial charge in [-0.2, -0.15) is 0 Å². The van der Waals surface area contributed by atoms with Gasteiger partial charge in [-0.1, -0.05) is 13.8 Å². The number of benzene rings is 2. The quantitative estimate of drug-likeness (QED) is 0.244. The number of carbonyl (C=O) groups is 2. The highest BCUT2D eigenvalue weighted by Crippen LogP contribution is 2.39. The summed E-state index contributed by atoms with van der Waals surface area (Å²) >= 11 is 0. The average molecular weight is 560 g/mol. The van der Waals surface area contributed by atoms with Crippen LogP contribution in [0.1, 0.15) is 60.8 Å². The van der Waals surface area contributed by atoms with Crippen LogP contribution in [0.3, 0.4) is 0 Å². The fourth-order valence-electron chi connectivity index (χ4n) is 5.05. The number of esters is 1. The number of aromatic amines is 2. The number of hydrogen-bond acceptors (Lipinski definition) is 5. The number of pyridine rings is 1. The van der Waals surface area contributed by atoms with E-state index in [-0.39, 0.29) is 45.2 Å². The Morgan fingerprint density at radius 2 is 1.60 bits per heavy atom. The smallest absolute Gasteiger partial charge is 0.311 e. The summed E-state index contributed by atoms with van der Waals surface area (Å²) in [5, 5.41) is 0.0960. The fraction of sp³-hybridized carbons (Fsp3) is 0.321. The number of carbonyl (C=O) groups excluding carboxylic acids is 2. The summed E-state index contributed by atoms with van der Waals surface area (Å²) in [5.74, 6) is -6.23. The zero-order valence-electron chi connectivity index (χ0n) is 21.7. The van der Waals surface area contributed by atoms with E-state index in [1.165, 1.54) is 18.0 Å². The number of aromatic nitrogens is 2. The molecule has 12 heteroatoms. The Balaban J connectivity index is 1.61. The Bertz CT molecular complexity index is 1670. The molecule has 3 heterocycles. The highest BCUT2D eigenvalue weighted by Gasteiger charge is 2.38. The van der Waals surface area contributed by atoms with E-state index in [1.54, 1.807) is 0 Å². The molecule has 40 heavy (non-hydrogen) atoms. The van der Waals surface area contributed by atoms with E-state index in [1.807, 2.05) is 13.8 Å². The Morgan fingerprint density at radius 1 is 0.975 bits per heavy atom. The summed E-state index contributed by atoms with van der Waals surface area (Å²) in [6.45, 7) is 3.40. The van der Waals surface area contributed by atoms with Gasteiger partial charge in [-0.25, -0.2) is 17.6 Å². The average Bonchev–Trinajstić information content (AvgIpc) is 3.32. The minimum absolute atomic E-state index is 0.00251. The van der Waals surface area contributed by atoms with Crippen LogP contribution in [0.15, 0.2) is 35.1 Å². The molecule has 1 amide bonds. The molecule has 2 N–H and O–H groups in total. The third kappa shape index (κ3) is 4.61. The molecule has 0 bridgehead atoms. The molecule has 0 aliphatic carbocycles. The van der Waals surface area contributed by atoms with Gasteiger partial charge >= 0.3 is 5.97 Å². The minimum atomic E-state index is -1.37. The second-order valence-corrected chi connectivity index (χ2v) is 9.68. The SMILES string of the molecule is CCC(CC)C(=O)OC1OCC(N(C)C(=O)c2cc3cc(F)c(F)cc3[nH]2)c2c1[nH]c(=O)c1cc(F)c(F)cc21. The Morgan fingerprint density at radius 3 is 2.27 bits per heavy atom. The summed E-state index contributed by atoms with van der Waals surface area (Å²) in [6.07, 6.45) is -0.357. The summed E-state index contributed by atoms with van der Waals surface area (Å²) in [7, 11) is 1.42. The first-order chi connectivity index (χ1) is 19.0. The lowest BCUT2D eigenvalue weighted by Gasteiger charge is -2.36.